The molecule has 1 saturated heterocycles. The van der Waals surface area contributed by atoms with Gasteiger partial charge in [-0.15, -0.1) is 0 Å². The summed E-state index contributed by atoms with van der Waals surface area (Å²) < 4.78 is 16.4. The van der Waals surface area contributed by atoms with E-state index in [1.54, 1.807) is 19.1 Å². The van der Waals surface area contributed by atoms with Gasteiger partial charge in [0.05, 0.1) is 13.2 Å². The Morgan fingerprint density at radius 2 is 1.97 bits per heavy atom. The number of benzene rings is 2. The molecule has 3 rings (SSSR count). The maximum absolute atomic E-state index is 12.3. The van der Waals surface area contributed by atoms with E-state index in [0.717, 1.165) is 30.4 Å². The highest BCUT2D eigenvalue weighted by atomic mass is 16.8. The SMILES string of the molecule is CCOC(=O)C(/C=C/c1ccccc1OCC#Cc1ccccc1)=N\OC1CCCCO1. The first-order valence-electron chi connectivity index (χ1n) is 10.7. The van der Waals surface area contributed by atoms with Crippen LogP contribution in [0.2, 0.25) is 0 Å². The molecular formula is C26H27NO5. The van der Waals surface area contributed by atoms with E-state index in [0.29, 0.717) is 12.4 Å². The zero-order valence-corrected chi connectivity index (χ0v) is 18.2. The van der Waals surface area contributed by atoms with Crippen LogP contribution in [0.25, 0.3) is 6.08 Å². The molecule has 0 aromatic heterocycles. The maximum atomic E-state index is 12.3. The Bertz CT molecular complexity index is 982. The van der Waals surface area contributed by atoms with Crippen LogP contribution in [0.5, 0.6) is 5.75 Å². The van der Waals surface area contributed by atoms with E-state index in [-0.39, 0.29) is 18.9 Å². The molecule has 2 aromatic carbocycles. The van der Waals surface area contributed by atoms with Gasteiger partial charge in [-0.25, -0.2) is 4.79 Å². The van der Waals surface area contributed by atoms with E-state index in [1.807, 2.05) is 54.6 Å². The number of oxime groups is 1. The largest absolute Gasteiger partial charge is 0.480 e. The number of hydrogen-bond donors (Lipinski definition) is 0. The molecule has 1 aliphatic heterocycles. The summed E-state index contributed by atoms with van der Waals surface area (Å²) in [6.45, 7) is 2.85. The van der Waals surface area contributed by atoms with Gasteiger partial charge in [-0.3, -0.25) is 0 Å². The molecule has 2 aromatic rings. The van der Waals surface area contributed by atoms with Gasteiger partial charge in [-0.1, -0.05) is 53.4 Å². The molecule has 0 saturated carbocycles. The molecule has 1 unspecified atom stereocenters. The third kappa shape index (κ3) is 7.60. The van der Waals surface area contributed by atoms with Crippen LogP contribution in [0.4, 0.5) is 0 Å². The smallest absolute Gasteiger partial charge is 0.360 e. The Balaban J connectivity index is 1.68. The Morgan fingerprint density at radius 1 is 1.16 bits per heavy atom. The summed E-state index contributed by atoms with van der Waals surface area (Å²) in [5.74, 6) is 6.15. The lowest BCUT2D eigenvalue weighted by molar-refractivity contribution is -0.162. The minimum atomic E-state index is -0.563. The molecule has 1 aliphatic rings. The second kappa shape index (κ2) is 13.0. The molecule has 32 heavy (non-hydrogen) atoms. The van der Waals surface area contributed by atoms with E-state index in [9.17, 15) is 4.79 Å². The predicted octanol–water partition coefficient (Wildman–Crippen LogP) is 4.59. The number of ether oxygens (including phenoxy) is 3. The molecule has 1 fully saturated rings. The van der Waals surface area contributed by atoms with Gasteiger partial charge in [0.1, 0.15) is 12.4 Å². The molecule has 0 radical (unpaired) electrons. The Morgan fingerprint density at radius 3 is 2.75 bits per heavy atom. The number of nitrogens with zero attached hydrogens (tertiary/aromatic N) is 1. The predicted molar refractivity (Wildman–Crippen MR) is 123 cm³/mol. The van der Waals surface area contributed by atoms with Crippen molar-refractivity contribution in [1.82, 2.24) is 0 Å². The van der Waals surface area contributed by atoms with Gasteiger partial charge < -0.3 is 19.0 Å². The average molecular weight is 434 g/mol. The standard InChI is InChI=1S/C26H27NO5/c1-2-29-26(28)23(27-32-25-16-8-9-19-31-25)18-17-22-14-6-7-15-24(22)30-20-10-13-21-11-4-3-5-12-21/h3-7,11-12,14-15,17-18,25H,2,8-9,16,19-20H2,1H3/b18-17+,27-23-. The van der Waals surface area contributed by atoms with Crippen LogP contribution >= 0.6 is 0 Å². The van der Waals surface area contributed by atoms with Crippen LogP contribution in [0.3, 0.4) is 0 Å². The van der Waals surface area contributed by atoms with Crippen molar-refractivity contribution in [1.29, 1.82) is 0 Å². The minimum Gasteiger partial charge on any atom is -0.480 e. The van der Waals surface area contributed by atoms with Crippen LogP contribution in [-0.4, -0.2) is 37.8 Å². The normalized spacial score (nSPS) is 16.2. The van der Waals surface area contributed by atoms with Crippen LogP contribution in [0.15, 0.2) is 65.8 Å². The molecule has 6 nitrogen and oxygen atoms in total. The molecule has 0 spiro atoms. The molecule has 0 aliphatic carbocycles. The number of para-hydroxylation sites is 1. The first kappa shape index (κ1) is 23.1. The Kier molecular flexibility index (Phi) is 9.38. The topological polar surface area (TPSA) is 66.4 Å². The van der Waals surface area contributed by atoms with Gasteiger partial charge in [0.15, 0.2) is 5.71 Å². The molecule has 166 valence electrons. The van der Waals surface area contributed by atoms with Crippen molar-refractivity contribution in [3.8, 4) is 17.6 Å². The van der Waals surface area contributed by atoms with Crippen molar-refractivity contribution in [2.75, 3.05) is 19.8 Å². The van der Waals surface area contributed by atoms with E-state index in [1.165, 1.54) is 0 Å². The molecule has 6 heteroatoms. The van der Waals surface area contributed by atoms with E-state index in [2.05, 4.69) is 17.0 Å². The van der Waals surface area contributed by atoms with Crippen molar-refractivity contribution >= 4 is 17.8 Å². The summed E-state index contributed by atoms with van der Waals surface area (Å²) in [6, 6.07) is 17.2. The van der Waals surface area contributed by atoms with Crippen LogP contribution in [-0.2, 0) is 19.1 Å². The van der Waals surface area contributed by atoms with Crippen LogP contribution < -0.4 is 4.74 Å². The van der Waals surface area contributed by atoms with Gasteiger partial charge in [0.2, 0.25) is 6.29 Å². The summed E-state index contributed by atoms with van der Waals surface area (Å²) >= 11 is 0. The molecule has 0 bridgehead atoms. The molecule has 0 amide bonds. The number of carbonyl (C=O) groups excluding carboxylic acids is 1. The second-order valence-electron chi connectivity index (χ2n) is 6.93. The fraction of sp³-hybridized carbons (Fsp3) is 0.308. The van der Waals surface area contributed by atoms with Crippen LogP contribution in [0, 0.1) is 11.8 Å². The van der Waals surface area contributed by atoms with E-state index >= 15 is 0 Å². The van der Waals surface area contributed by atoms with E-state index in [4.69, 9.17) is 19.0 Å². The monoisotopic (exact) mass is 433 g/mol. The summed E-state index contributed by atoms with van der Waals surface area (Å²) in [5, 5.41) is 3.99. The van der Waals surface area contributed by atoms with Gasteiger partial charge in [-0.2, -0.15) is 0 Å². The number of carbonyl (C=O) groups is 1. The molecule has 1 heterocycles. The van der Waals surface area contributed by atoms with Crippen molar-refractivity contribution in [3.05, 3.63) is 71.8 Å². The summed E-state index contributed by atoms with van der Waals surface area (Å²) in [4.78, 5) is 17.7. The Labute approximate surface area is 188 Å². The molecule has 1 atom stereocenters. The zero-order valence-electron chi connectivity index (χ0n) is 18.2. The van der Waals surface area contributed by atoms with Gasteiger partial charge >= 0.3 is 5.97 Å². The molecule has 0 N–H and O–H groups in total. The van der Waals surface area contributed by atoms with Gasteiger partial charge in [-0.05, 0) is 50.1 Å². The number of esters is 1. The second-order valence-corrected chi connectivity index (χ2v) is 6.93. The van der Waals surface area contributed by atoms with E-state index < -0.39 is 12.3 Å². The number of hydrogen-bond acceptors (Lipinski definition) is 6. The lowest BCUT2D eigenvalue weighted by Gasteiger charge is -2.20. The quantitative estimate of drug-likeness (QED) is 0.264. The zero-order chi connectivity index (χ0) is 22.4. The van der Waals surface area contributed by atoms with Crippen molar-refractivity contribution in [3.63, 3.8) is 0 Å². The lowest BCUT2D eigenvalue weighted by Crippen LogP contribution is -2.22. The van der Waals surface area contributed by atoms with Gasteiger partial charge in [0.25, 0.3) is 0 Å². The van der Waals surface area contributed by atoms with Crippen LogP contribution in [0.1, 0.15) is 37.3 Å². The summed E-state index contributed by atoms with van der Waals surface area (Å²) in [7, 11) is 0. The highest BCUT2D eigenvalue weighted by molar-refractivity contribution is 6.41. The third-order valence-electron chi connectivity index (χ3n) is 4.54. The lowest BCUT2D eigenvalue weighted by atomic mass is 10.1. The van der Waals surface area contributed by atoms with Gasteiger partial charge in [0, 0.05) is 17.5 Å². The Hall–Kier alpha value is -3.56. The minimum absolute atomic E-state index is 0.0553. The highest BCUT2D eigenvalue weighted by Crippen LogP contribution is 2.20. The van der Waals surface area contributed by atoms with Crippen molar-refractivity contribution in [2.24, 2.45) is 5.16 Å². The fourth-order valence-electron chi connectivity index (χ4n) is 2.94. The van der Waals surface area contributed by atoms with Crippen molar-refractivity contribution < 1.29 is 23.8 Å². The first-order valence-corrected chi connectivity index (χ1v) is 10.7. The fourth-order valence-corrected chi connectivity index (χ4v) is 2.94. The third-order valence-corrected chi connectivity index (χ3v) is 4.54. The summed E-state index contributed by atoms with van der Waals surface area (Å²) in [5.41, 5.74) is 1.76. The molecular weight excluding hydrogens is 406 g/mol. The highest BCUT2D eigenvalue weighted by Gasteiger charge is 2.17. The van der Waals surface area contributed by atoms with Crippen molar-refractivity contribution in [2.45, 2.75) is 32.5 Å². The number of rotatable bonds is 8. The average Bonchev–Trinajstić information content (AvgIpc) is 2.84. The maximum Gasteiger partial charge on any atom is 0.360 e. The first-order chi connectivity index (χ1) is 15.8. The summed E-state index contributed by atoms with van der Waals surface area (Å²) in [6.07, 6.45) is 5.59.